The van der Waals surface area contributed by atoms with Gasteiger partial charge in [0, 0.05) is 38.5 Å². The van der Waals surface area contributed by atoms with Crippen LogP contribution >= 0.6 is 0 Å². The van der Waals surface area contributed by atoms with Gasteiger partial charge in [-0.1, -0.05) is 44.2 Å². The molecule has 0 spiro atoms. The first-order valence-corrected chi connectivity index (χ1v) is 13.9. The molecule has 1 aromatic carbocycles. The number of hydrogen-bond donors (Lipinski definition) is 1. The number of carbonyl (C=O) groups is 2. The molecule has 3 fully saturated rings. The smallest absolute Gasteiger partial charge is 0.222 e. The van der Waals surface area contributed by atoms with Gasteiger partial charge in [0.1, 0.15) is 6.33 Å². The van der Waals surface area contributed by atoms with Crippen molar-refractivity contribution in [2.75, 3.05) is 39.3 Å². The summed E-state index contributed by atoms with van der Waals surface area (Å²) in [6, 6.07) is 10.6. The summed E-state index contributed by atoms with van der Waals surface area (Å²) in [5, 5.41) is 3.52. The molecule has 198 valence electrons. The average Bonchev–Trinajstić information content (AvgIpc) is 3.41. The Hall–Kier alpha value is -2.64. The van der Waals surface area contributed by atoms with Gasteiger partial charge >= 0.3 is 0 Å². The topological polar surface area (TPSA) is 78.4 Å². The van der Waals surface area contributed by atoms with E-state index in [0.717, 1.165) is 57.1 Å². The summed E-state index contributed by atoms with van der Waals surface area (Å²) >= 11 is 0. The number of benzene rings is 1. The first-order valence-electron chi connectivity index (χ1n) is 13.9. The fourth-order valence-corrected chi connectivity index (χ4v) is 6.83. The first kappa shape index (κ1) is 26.0. The Labute approximate surface area is 221 Å². The third-order valence-corrected chi connectivity index (χ3v) is 8.77. The largest absolute Gasteiger partial charge is 0.342 e. The van der Waals surface area contributed by atoms with Crippen molar-refractivity contribution < 1.29 is 9.59 Å². The molecule has 37 heavy (non-hydrogen) atoms. The van der Waals surface area contributed by atoms with Gasteiger partial charge in [-0.25, -0.2) is 9.97 Å². The molecule has 1 aromatic heterocycles. The zero-order valence-electron chi connectivity index (χ0n) is 22.7. The van der Waals surface area contributed by atoms with Crippen LogP contribution in [0, 0.1) is 37.5 Å². The molecule has 7 heteroatoms. The highest BCUT2D eigenvalue weighted by Crippen LogP contribution is 2.39. The summed E-state index contributed by atoms with van der Waals surface area (Å²) in [5.41, 5.74) is 3.59. The molecule has 0 bridgehead atoms. The maximum Gasteiger partial charge on any atom is 0.222 e. The summed E-state index contributed by atoms with van der Waals surface area (Å²) in [6.07, 6.45) is 3.16. The number of carbonyl (C=O) groups excluding carboxylic acids is 2. The quantitative estimate of drug-likeness (QED) is 0.528. The molecule has 4 atom stereocenters. The molecule has 5 rings (SSSR count). The maximum atomic E-state index is 14.0. The van der Waals surface area contributed by atoms with Crippen LogP contribution < -0.4 is 5.32 Å². The van der Waals surface area contributed by atoms with Crippen molar-refractivity contribution in [3.05, 3.63) is 59.2 Å². The number of rotatable bonds is 9. The number of Topliss-reactive ketones (excluding diaryl/α,β-unsaturated/α-hetero) is 1. The van der Waals surface area contributed by atoms with Gasteiger partial charge in [0.25, 0.3) is 0 Å². The minimum Gasteiger partial charge on any atom is -0.342 e. The van der Waals surface area contributed by atoms with Crippen molar-refractivity contribution in [3.63, 3.8) is 0 Å². The van der Waals surface area contributed by atoms with E-state index in [1.165, 1.54) is 5.56 Å². The highest BCUT2D eigenvalue weighted by atomic mass is 16.2. The van der Waals surface area contributed by atoms with E-state index < -0.39 is 0 Å². The van der Waals surface area contributed by atoms with Gasteiger partial charge in [-0.05, 0) is 62.6 Å². The van der Waals surface area contributed by atoms with Crippen LogP contribution in [0.15, 0.2) is 36.7 Å². The van der Waals surface area contributed by atoms with Crippen LogP contribution in [0.2, 0.25) is 0 Å². The molecule has 0 aliphatic carbocycles. The van der Waals surface area contributed by atoms with E-state index in [1.54, 1.807) is 6.33 Å². The lowest BCUT2D eigenvalue weighted by molar-refractivity contribution is -0.139. The van der Waals surface area contributed by atoms with E-state index >= 15 is 0 Å². The summed E-state index contributed by atoms with van der Waals surface area (Å²) in [7, 11) is 0. The number of aromatic nitrogens is 2. The molecule has 3 saturated heterocycles. The lowest BCUT2D eigenvalue weighted by Gasteiger charge is -2.44. The minimum absolute atomic E-state index is 0.134. The average molecular weight is 504 g/mol. The Morgan fingerprint density at radius 3 is 2.41 bits per heavy atom. The number of ketones is 1. The number of aryl methyl sites for hydroxylation is 2. The number of likely N-dealkylation sites (tertiary alicyclic amines) is 2. The molecular formula is C30H41N5O2. The van der Waals surface area contributed by atoms with Crippen LogP contribution in [0.5, 0.6) is 0 Å². The van der Waals surface area contributed by atoms with E-state index in [0.29, 0.717) is 41.6 Å². The second-order valence-corrected chi connectivity index (χ2v) is 11.8. The number of nitrogens with one attached hydrogen (secondary N) is 1. The molecule has 7 nitrogen and oxygen atoms in total. The Bertz CT molecular complexity index is 1090. The SMILES string of the molecule is Cc1ncnc(C)c1C(=O)C1C2CNCC2CN1CCC(c1ccccc1)C1CN(C(=O)CC(C)C)C1. The Morgan fingerprint density at radius 1 is 1.03 bits per heavy atom. The molecule has 0 radical (unpaired) electrons. The Balaban J connectivity index is 1.32. The lowest BCUT2D eigenvalue weighted by Crippen LogP contribution is -2.52. The first-order chi connectivity index (χ1) is 17.8. The third-order valence-electron chi connectivity index (χ3n) is 8.77. The van der Waals surface area contributed by atoms with Gasteiger partial charge in [-0.15, -0.1) is 0 Å². The van der Waals surface area contributed by atoms with Crippen LogP contribution in [0.1, 0.15) is 59.9 Å². The van der Waals surface area contributed by atoms with Gasteiger partial charge in [0.15, 0.2) is 5.78 Å². The molecule has 4 unspecified atom stereocenters. The van der Waals surface area contributed by atoms with Crippen molar-refractivity contribution in [2.24, 2.45) is 23.7 Å². The maximum absolute atomic E-state index is 14.0. The molecule has 2 aromatic rings. The fraction of sp³-hybridized carbons (Fsp3) is 0.600. The number of fused-ring (bicyclic) bond motifs is 1. The molecule has 0 saturated carbocycles. The molecule has 3 aliphatic rings. The third kappa shape index (κ3) is 5.34. The number of amides is 1. The van der Waals surface area contributed by atoms with Gasteiger partial charge in [-0.3, -0.25) is 14.5 Å². The van der Waals surface area contributed by atoms with Gasteiger partial charge in [-0.2, -0.15) is 0 Å². The predicted molar refractivity (Wildman–Crippen MR) is 144 cm³/mol. The summed E-state index contributed by atoms with van der Waals surface area (Å²) in [5.74, 6) is 2.51. The molecular weight excluding hydrogens is 462 g/mol. The van der Waals surface area contributed by atoms with Crippen molar-refractivity contribution >= 4 is 11.7 Å². The zero-order chi connectivity index (χ0) is 26.1. The van der Waals surface area contributed by atoms with E-state index in [-0.39, 0.29) is 17.7 Å². The normalized spacial score (nSPS) is 24.8. The highest BCUT2D eigenvalue weighted by Gasteiger charge is 2.48. The van der Waals surface area contributed by atoms with Gasteiger partial charge in [0.2, 0.25) is 5.91 Å². The Kier molecular flexibility index (Phi) is 7.72. The van der Waals surface area contributed by atoms with Crippen LogP contribution in [0.3, 0.4) is 0 Å². The number of hydrogen-bond acceptors (Lipinski definition) is 6. The monoisotopic (exact) mass is 503 g/mol. The van der Waals surface area contributed by atoms with Gasteiger partial charge < -0.3 is 10.2 Å². The molecule has 4 heterocycles. The molecule has 1 N–H and O–H groups in total. The fourth-order valence-electron chi connectivity index (χ4n) is 6.83. The van der Waals surface area contributed by atoms with Crippen LogP contribution in [0.25, 0.3) is 0 Å². The summed E-state index contributed by atoms with van der Waals surface area (Å²) in [6.45, 7) is 13.4. The highest BCUT2D eigenvalue weighted by molar-refractivity contribution is 6.02. The van der Waals surface area contributed by atoms with Crippen LogP contribution in [0.4, 0.5) is 0 Å². The standard InChI is InChI=1S/C30H41N5O2/c1-19(2)12-27(36)35-16-24(17-35)25(22-8-6-5-7-9-22)10-11-34-15-23-13-31-14-26(23)29(34)30(37)28-20(3)32-18-33-21(28)4/h5-9,18-19,23-26,29,31H,10-17H2,1-4H3. The van der Waals surface area contributed by atoms with E-state index in [9.17, 15) is 9.59 Å². The predicted octanol–water partition coefficient (Wildman–Crippen LogP) is 3.47. The summed E-state index contributed by atoms with van der Waals surface area (Å²) < 4.78 is 0. The number of nitrogens with zero attached hydrogens (tertiary/aromatic N) is 4. The van der Waals surface area contributed by atoms with Gasteiger partial charge in [0.05, 0.1) is 23.0 Å². The minimum atomic E-state index is -0.134. The Morgan fingerprint density at radius 2 is 1.73 bits per heavy atom. The lowest BCUT2D eigenvalue weighted by atomic mass is 9.78. The second kappa shape index (κ2) is 11.0. The van der Waals surface area contributed by atoms with Crippen LogP contribution in [-0.4, -0.2) is 76.8 Å². The van der Waals surface area contributed by atoms with Crippen LogP contribution in [-0.2, 0) is 4.79 Å². The molecule has 1 amide bonds. The van der Waals surface area contributed by atoms with E-state index in [2.05, 4.69) is 64.4 Å². The van der Waals surface area contributed by atoms with Crippen molar-refractivity contribution in [2.45, 2.75) is 52.5 Å². The zero-order valence-corrected chi connectivity index (χ0v) is 22.7. The second-order valence-electron chi connectivity index (χ2n) is 11.8. The van der Waals surface area contributed by atoms with Crippen molar-refractivity contribution in [1.82, 2.24) is 25.1 Å². The van der Waals surface area contributed by atoms with Crippen molar-refractivity contribution in [3.8, 4) is 0 Å². The van der Waals surface area contributed by atoms with Crippen molar-refractivity contribution in [1.29, 1.82) is 0 Å². The van der Waals surface area contributed by atoms with E-state index in [1.807, 2.05) is 18.7 Å². The molecule has 3 aliphatic heterocycles. The summed E-state index contributed by atoms with van der Waals surface area (Å²) in [4.78, 5) is 39.7. The van der Waals surface area contributed by atoms with E-state index in [4.69, 9.17) is 0 Å².